The Morgan fingerprint density at radius 3 is 1.88 bits per heavy atom. The number of hydrogen-bond acceptors (Lipinski definition) is 6. The molecule has 0 saturated carbocycles. The Bertz CT molecular complexity index is 822. The lowest BCUT2D eigenvalue weighted by atomic mass is 10.1. The minimum atomic E-state index is -0.0526. The van der Waals surface area contributed by atoms with Gasteiger partial charge in [-0.2, -0.15) is 0 Å². The van der Waals surface area contributed by atoms with E-state index in [1.54, 1.807) is 32.4 Å². The number of imidazole rings is 1. The number of hydrogen-bond donors (Lipinski definition) is 2. The Morgan fingerprint density at radius 2 is 1.33 bits per heavy atom. The summed E-state index contributed by atoms with van der Waals surface area (Å²) in [5, 5.41) is 10.0. The standard InChI is InChI=1S/C17H18N2O5/c1-21-12-7-10-11(8-13(12)22-2)19-17(18-10)9-5-14(23-3)16(20)15(6-9)24-4/h5-8,20H,1-4H3,(H,18,19). The van der Waals surface area contributed by atoms with E-state index in [0.29, 0.717) is 28.8 Å². The lowest BCUT2D eigenvalue weighted by Crippen LogP contribution is -1.91. The molecule has 0 bridgehead atoms. The second-order valence-corrected chi connectivity index (χ2v) is 5.04. The number of H-pyrrole nitrogens is 1. The van der Waals surface area contributed by atoms with E-state index >= 15 is 0 Å². The van der Waals surface area contributed by atoms with Gasteiger partial charge < -0.3 is 29.0 Å². The van der Waals surface area contributed by atoms with Crippen molar-refractivity contribution < 1.29 is 24.1 Å². The quantitative estimate of drug-likeness (QED) is 0.748. The van der Waals surface area contributed by atoms with Crippen LogP contribution in [0.25, 0.3) is 22.4 Å². The van der Waals surface area contributed by atoms with E-state index in [2.05, 4.69) is 9.97 Å². The van der Waals surface area contributed by atoms with Crippen molar-refractivity contribution in [2.45, 2.75) is 0 Å². The molecule has 2 aromatic carbocycles. The van der Waals surface area contributed by atoms with Gasteiger partial charge in [-0.15, -0.1) is 0 Å². The second kappa shape index (κ2) is 6.19. The van der Waals surface area contributed by atoms with Crippen LogP contribution in [0.3, 0.4) is 0 Å². The first-order chi connectivity index (χ1) is 11.6. The van der Waals surface area contributed by atoms with E-state index in [1.165, 1.54) is 14.2 Å². The summed E-state index contributed by atoms with van der Waals surface area (Å²) in [4.78, 5) is 7.78. The van der Waals surface area contributed by atoms with Crippen molar-refractivity contribution in [1.82, 2.24) is 9.97 Å². The predicted octanol–water partition coefficient (Wildman–Crippen LogP) is 2.97. The van der Waals surface area contributed by atoms with Crippen LogP contribution in [-0.4, -0.2) is 43.5 Å². The molecule has 7 heteroatoms. The van der Waals surface area contributed by atoms with Gasteiger partial charge in [0.15, 0.2) is 23.0 Å². The van der Waals surface area contributed by atoms with Gasteiger partial charge in [0.05, 0.1) is 39.5 Å². The fourth-order valence-electron chi connectivity index (χ4n) is 2.50. The smallest absolute Gasteiger partial charge is 0.200 e. The lowest BCUT2D eigenvalue weighted by Gasteiger charge is -2.09. The SMILES string of the molecule is COc1cc2nc(-c3cc(OC)c(O)c(OC)c3)[nH]c2cc1OC. The van der Waals surface area contributed by atoms with E-state index < -0.39 is 0 Å². The molecule has 126 valence electrons. The van der Waals surface area contributed by atoms with Crippen LogP contribution in [0.5, 0.6) is 28.7 Å². The number of nitrogens with one attached hydrogen (secondary N) is 1. The van der Waals surface area contributed by atoms with Crippen LogP contribution >= 0.6 is 0 Å². The molecule has 0 aliphatic heterocycles. The molecule has 3 rings (SSSR count). The number of fused-ring (bicyclic) bond motifs is 1. The molecule has 0 aliphatic rings. The van der Waals surface area contributed by atoms with Crippen LogP contribution in [0.15, 0.2) is 24.3 Å². The van der Waals surface area contributed by atoms with Crippen LogP contribution in [-0.2, 0) is 0 Å². The number of ether oxygens (including phenoxy) is 4. The Balaban J connectivity index is 2.16. The van der Waals surface area contributed by atoms with Gasteiger partial charge in [0.2, 0.25) is 5.75 Å². The normalized spacial score (nSPS) is 10.7. The molecule has 0 aliphatic carbocycles. The van der Waals surface area contributed by atoms with Crippen molar-refractivity contribution in [3.63, 3.8) is 0 Å². The Kier molecular flexibility index (Phi) is 4.07. The van der Waals surface area contributed by atoms with Gasteiger partial charge in [-0.1, -0.05) is 0 Å². The number of nitrogens with zero attached hydrogens (tertiary/aromatic N) is 1. The van der Waals surface area contributed by atoms with E-state index in [1.807, 2.05) is 6.07 Å². The zero-order valence-corrected chi connectivity index (χ0v) is 13.8. The van der Waals surface area contributed by atoms with Crippen LogP contribution < -0.4 is 18.9 Å². The molecule has 0 fully saturated rings. The summed E-state index contributed by atoms with van der Waals surface area (Å²) in [7, 11) is 6.11. The van der Waals surface area contributed by atoms with Crippen LogP contribution in [0.2, 0.25) is 0 Å². The van der Waals surface area contributed by atoms with E-state index in [-0.39, 0.29) is 5.75 Å². The maximum atomic E-state index is 10.0. The molecule has 3 aromatic rings. The average molecular weight is 330 g/mol. The number of phenols is 1. The first-order valence-electron chi connectivity index (χ1n) is 7.18. The minimum Gasteiger partial charge on any atom is -0.502 e. The number of aromatic nitrogens is 2. The van der Waals surface area contributed by atoms with Gasteiger partial charge in [-0.05, 0) is 12.1 Å². The first kappa shape index (κ1) is 15.8. The molecular weight excluding hydrogens is 312 g/mol. The van der Waals surface area contributed by atoms with Crippen molar-refractivity contribution in [3.05, 3.63) is 24.3 Å². The molecule has 7 nitrogen and oxygen atoms in total. The third kappa shape index (κ3) is 2.54. The molecule has 1 aromatic heterocycles. The minimum absolute atomic E-state index is 0.0526. The van der Waals surface area contributed by atoms with Gasteiger partial charge in [0.1, 0.15) is 5.82 Å². The van der Waals surface area contributed by atoms with Gasteiger partial charge in [0, 0.05) is 17.7 Å². The van der Waals surface area contributed by atoms with Crippen LogP contribution in [0.1, 0.15) is 0 Å². The number of aromatic amines is 1. The third-order valence-electron chi connectivity index (χ3n) is 3.74. The highest BCUT2D eigenvalue weighted by Gasteiger charge is 2.16. The van der Waals surface area contributed by atoms with Crippen molar-refractivity contribution in [2.75, 3.05) is 28.4 Å². The van der Waals surface area contributed by atoms with Gasteiger partial charge in [-0.25, -0.2) is 4.98 Å². The summed E-state index contributed by atoms with van der Waals surface area (Å²) in [6, 6.07) is 6.98. The number of benzene rings is 2. The van der Waals surface area contributed by atoms with Gasteiger partial charge >= 0.3 is 0 Å². The zero-order chi connectivity index (χ0) is 17.3. The second-order valence-electron chi connectivity index (χ2n) is 5.04. The van der Waals surface area contributed by atoms with Crippen molar-refractivity contribution in [3.8, 4) is 40.1 Å². The van der Waals surface area contributed by atoms with Gasteiger partial charge in [-0.3, -0.25) is 0 Å². The highest BCUT2D eigenvalue weighted by Crippen LogP contribution is 2.40. The van der Waals surface area contributed by atoms with Crippen LogP contribution in [0.4, 0.5) is 0 Å². The maximum absolute atomic E-state index is 10.0. The van der Waals surface area contributed by atoms with Crippen LogP contribution in [0, 0.1) is 0 Å². The highest BCUT2D eigenvalue weighted by atomic mass is 16.5. The fourth-order valence-corrected chi connectivity index (χ4v) is 2.50. The Morgan fingerprint density at radius 1 is 0.792 bits per heavy atom. The monoisotopic (exact) mass is 330 g/mol. The van der Waals surface area contributed by atoms with Crippen molar-refractivity contribution in [1.29, 1.82) is 0 Å². The highest BCUT2D eigenvalue weighted by molar-refractivity contribution is 5.83. The zero-order valence-electron chi connectivity index (χ0n) is 13.8. The van der Waals surface area contributed by atoms with E-state index in [9.17, 15) is 5.11 Å². The molecule has 24 heavy (non-hydrogen) atoms. The Hall–Kier alpha value is -3.09. The molecule has 0 unspecified atom stereocenters. The van der Waals surface area contributed by atoms with Crippen molar-refractivity contribution in [2.24, 2.45) is 0 Å². The molecule has 0 saturated heterocycles. The number of rotatable bonds is 5. The number of aromatic hydroxyl groups is 1. The molecule has 1 heterocycles. The third-order valence-corrected chi connectivity index (χ3v) is 3.74. The Labute approximate surface area is 138 Å². The van der Waals surface area contributed by atoms with E-state index in [4.69, 9.17) is 18.9 Å². The summed E-state index contributed by atoms with van der Waals surface area (Å²) in [5.41, 5.74) is 2.25. The largest absolute Gasteiger partial charge is 0.502 e. The summed E-state index contributed by atoms with van der Waals surface area (Å²) >= 11 is 0. The summed E-state index contributed by atoms with van der Waals surface area (Å²) in [6.07, 6.45) is 0. The number of phenolic OH excluding ortho intramolecular Hbond substituents is 1. The first-order valence-corrected chi connectivity index (χ1v) is 7.18. The number of methoxy groups -OCH3 is 4. The molecule has 0 radical (unpaired) electrons. The topological polar surface area (TPSA) is 85.8 Å². The van der Waals surface area contributed by atoms with Gasteiger partial charge in [0.25, 0.3) is 0 Å². The maximum Gasteiger partial charge on any atom is 0.200 e. The summed E-state index contributed by atoms with van der Waals surface area (Å²) in [5.74, 6) is 2.38. The fraction of sp³-hybridized carbons (Fsp3) is 0.235. The molecular formula is C17H18N2O5. The lowest BCUT2D eigenvalue weighted by molar-refractivity contribution is 0.340. The summed E-state index contributed by atoms with van der Waals surface area (Å²) < 4.78 is 21.0. The average Bonchev–Trinajstić information content (AvgIpc) is 3.03. The molecule has 2 N–H and O–H groups in total. The molecule has 0 spiro atoms. The molecule has 0 atom stereocenters. The van der Waals surface area contributed by atoms with Crippen molar-refractivity contribution >= 4 is 11.0 Å². The summed E-state index contributed by atoms with van der Waals surface area (Å²) in [6.45, 7) is 0. The predicted molar refractivity (Wildman–Crippen MR) is 89.4 cm³/mol. The molecule has 0 amide bonds. The van der Waals surface area contributed by atoms with E-state index in [0.717, 1.165) is 16.6 Å².